The zero-order valence-corrected chi connectivity index (χ0v) is 14.0. The molecule has 0 saturated carbocycles. The second-order valence-electron chi connectivity index (χ2n) is 6.26. The van der Waals surface area contributed by atoms with Gasteiger partial charge in [0.2, 0.25) is 5.91 Å². The van der Waals surface area contributed by atoms with Gasteiger partial charge in [0.25, 0.3) is 0 Å². The van der Waals surface area contributed by atoms with E-state index in [9.17, 15) is 40.5 Å². The van der Waals surface area contributed by atoms with Gasteiger partial charge in [-0.2, -0.15) is 0 Å². The molecule has 26 heavy (non-hydrogen) atoms. The first-order valence-electron chi connectivity index (χ1n) is 8.06. The Labute approximate surface area is 148 Å². The van der Waals surface area contributed by atoms with Crippen molar-refractivity contribution in [3.63, 3.8) is 0 Å². The van der Waals surface area contributed by atoms with Crippen molar-refractivity contribution < 1.29 is 54.8 Å². The molecule has 10 atom stereocenters. The van der Waals surface area contributed by atoms with Gasteiger partial charge < -0.3 is 55.3 Å². The lowest BCUT2D eigenvalue weighted by atomic mass is 9.95. The first-order valence-corrected chi connectivity index (χ1v) is 8.06. The first-order chi connectivity index (χ1) is 12.2. The second-order valence-corrected chi connectivity index (χ2v) is 6.26. The molecule has 12 nitrogen and oxygen atoms in total. The van der Waals surface area contributed by atoms with Crippen LogP contribution in [0.5, 0.6) is 0 Å². The van der Waals surface area contributed by atoms with Crippen LogP contribution in [0.4, 0.5) is 0 Å². The standard InChI is InChI=1S/C14H25NO11/c1-4(18)15-7-10(21)8(19)5(2-16)25-14(7)26-12-9(20)6(3-17)24-13(23)11(12)22/h5-14,16-17,19-23H,2-3H2,1H3,(H,15,18)/t5-,6-,7-,8-,9+,10-,11-,12+,13-,14+/m1/s1. The topological polar surface area (TPSA) is 198 Å². The maximum absolute atomic E-state index is 11.4. The molecule has 12 heteroatoms. The van der Waals surface area contributed by atoms with Crippen LogP contribution in [0.1, 0.15) is 6.92 Å². The fraction of sp³-hybridized carbons (Fsp3) is 0.929. The summed E-state index contributed by atoms with van der Waals surface area (Å²) in [7, 11) is 0. The van der Waals surface area contributed by atoms with Crippen LogP contribution in [0.15, 0.2) is 0 Å². The SMILES string of the molecule is CC(=O)N[C@H]1[C@H](O[C@@H]2[C@@H](O)[C@H](O)O[C@H](CO)[C@@H]2O)O[C@H](CO)[C@@H](O)[C@@H]1O. The Morgan fingerprint density at radius 3 is 2.04 bits per heavy atom. The van der Waals surface area contributed by atoms with Gasteiger partial charge in [0.15, 0.2) is 12.6 Å². The monoisotopic (exact) mass is 383 g/mol. The molecule has 0 aromatic rings. The largest absolute Gasteiger partial charge is 0.394 e. The Morgan fingerprint density at radius 2 is 1.50 bits per heavy atom. The highest BCUT2D eigenvalue weighted by atomic mass is 16.7. The highest BCUT2D eigenvalue weighted by Crippen LogP contribution is 2.28. The number of aliphatic hydroxyl groups excluding tert-OH is 7. The van der Waals surface area contributed by atoms with Gasteiger partial charge in [-0.3, -0.25) is 4.79 Å². The molecule has 2 saturated heterocycles. The lowest BCUT2D eigenvalue weighted by Crippen LogP contribution is -2.67. The normalized spacial score (nSPS) is 46.8. The van der Waals surface area contributed by atoms with E-state index in [0.29, 0.717) is 0 Å². The molecule has 0 aromatic carbocycles. The van der Waals surface area contributed by atoms with Gasteiger partial charge in [0.1, 0.15) is 48.8 Å². The summed E-state index contributed by atoms with van der Waals surface area (Å²) in [4.78, 5) is 11.4. The quantitative estimate of drug-likeness (QED) is 0.226. The highest BCUT2D eigenvalue weighted by Gasteiger charge is 2.50. The lowest BCUT2D eigenvalue weighted by molar-refractivity contribution is -0.341. The summed E-state index contributed by atoms with van der Waals surface area (Å²) < 4.78 is 15.6. The van der Waals surface area contributed by atoms with E-state index in [2.05, 4.69) is 5.32 Å². The summed E-state index contributed by atoms with van der Waals surface area (Å²) in [6, 6.07) is -1.29. The summed E-state index contributed by atoms with van der Waals surface area (Å²) in [6.45, 7) is -0.199. The van der Waals surface area contributed by atoms with Crippen LogP contribution in [0.25, 0.3) is 0 Å². The van der Waals surface area contributed by atoms with Crippen molar-refractivity contribution in [2.24, 2.45) is 0 Å². The summed E-state index contributed by atoms with van der Waals surface area (Å²) in [5.74, 6) is -0.581. The zero-order chi connectivity index (χ0) is 19.6. The lowest BCUT2D eigenvalue weighted by Gasteiger charge is -2.46. The number of nitrogens with one attached hydrogen (secondary N) is 1. The minimum Gasteiger partial charge on any atom is -0.394 e. The molecule has 1 amide bonds. The number of amides is 1. The predicted octanol–water partition coefficient (Wildman–Crippen LogP) is -5.25. The molecular formula is C14H25NO11. The Kier molecular flexibility index (Phi) is 7.27. The average Bonchev–Trinajstić information content (AvgIpc) is 2.60. The summed E-state index contributed by atoms with van der Waals surface area (Å²) in [5.41, 5.74) is 0. The molecular weight excluding hydrogens is 358 g/mol. The third-order valence-electron chi connectivity index (χ3n) is 4.38. The van der Waals surface area contributed by atoms with E-state index < -0.39 is 80.5 Å². The third kappa shape index (κ3) is 4.31. The fourth-order valence-corrected chi connectivity index (χ4v) is 2.97. The molecule has 2 aliphatic rings. The van der Waals surface area contributed by atoms with Crippen LogP contribution in [-0.4, -0.2) is 116 Å². The summed E-state index contributed by atoms with van der Waals surface area (Å²) in [5, 5.41) is 70.8. The van der Waals surface area contributed by atoms with Crippen LogP contribution in [0, 0.1) is 0 Å². The van der Waals surface area contributed by atoms with Gasteiger partial charge in [0, 0.05) is 6.92 Å². The van der Waals surface area contributed by atoms with Gasteiger partial charge in [-0.1, -0.05) is 0 Å². The first kappa shape index (κ1) is 21.4. The van der Waals surface area contributed by atoms with Crippen LogP contribution in [0.3, 0.4) is 0 Å². The number of carbonyl (C=O) groups excluding carboxylic acids is 1. The molecule has 8 N–H and O–H groups in total. The molecule has 2 fully saturated rings. The Morgan fingerprint density at radius 1 is 0.923 bits per heavy atom. The van der Waals surface area contributed by atoms with Gasteiger partial charge in [-0.05, 0) is 0 Å². The van der Waals surface area contributed by atoms with Crippen molar-refractivity contribution >= 4 is 5.91 Å². The Bertz CT molecular complexity index is 480. The van der Waals surface area contributed by atoms with Crippen molar-refractivity contribution in [3.8, 4) is 0 Å². The van der Waals surface area contributed by atoms with Crippen molar-refractivity contribution in [3.05, 3.63) is 0 Å². The molecule has 0 aliphatic carbocycles. The van der Waals surface area contributed by atoms with Gasteiger partial charge >= 0.3 is 0 Å². The smallest absolute Gasteiger partial charge is 0.217 e. The average molecular weight is 383 g/mol. The third-order valence-corrected chi connectivity index (χ3v) is 4.38. The molecule has 2 rings (SSSR count). The molecule has 2 aliphatic heterocycles. The highest BCUT2D eigenvalue weighted by molar-refractivity contribution is 5.73. The fourth-order valence-electron chi connectivity index (χ4n) is 2.97. The molecule has 0 spiro atoms. The number of aliphatic hydroxyl groups is 7. The molecule has 0 unspecified atom stereocenters. The predicted molar refractivity (Wildman–Crippen MR) is 80.2 cm³/mol. The maximum atomic E-state index is 11.4. The number of ether oxygens (including phenoxy) is 3. The van der Waals surface area contributed by atoms with E-state index in [1.165, 1.54) is 0 Å². The number of rotatable bonds is 5. The van der Waals surface area contributed by atoms with Crippen molar-refractivity contribution in [1.82, 2.24) is 5.32 Å². The second kappa shape index (κ2) is 8.84. The van der Waals surface area contributed by atoms with Crippen molar-refractivity contribution in [2.75, 3.05) is 13.2 Å². The summed E-state index contributed by atoms with van der Waals surface area (Å²) in [6.07, 6.45) is -13.7. The molecule has 152 valence electrons. The Hall–Kier alpha value is -0.930. The molecule has 0 radical (unpaired) electrons. The molecule has 0 bridgehead atoms. The van der Waals surface area contributed by atoms with E-state index in [4.69, 9.17) is 14.2 Å². The minimum absolute atomic E-state index is 0.581. The minimum atomic E-state index is -1.77. The van der Waals surface area contributed by atoms with E-state index in [-0.39, 0.29) is 0 Å². The molecule has 2 heterocycles. The van der Waals surface area contributed by atoms with Crippen molar-refractivity contribution in [1.29, 1.82) is 0 Å². The van der Waals surface area contributed by atoms with Gasteiger partial charge in [-0.25, -0.2) is 0 Å². The van der Waals surface area contributed by atoms with Crippen LogP contribution in [-0.2, 0) is 19.0 Å². The van der Waals surface area contributed by atoms with E-state index >= 15 is 0 Å². The van der Waals surface area contributed by atoms with Crippen LogP contribution < -0.4 is 5.32 Å². The number of carbonyl (C=O) groups is 1. The van der Waals surface area contributed by atoms with Gasteiger partial charge in [0.05, 0.1) is 13.2 Å². The van der Waals surface area contributed by atoms with Gasteiger partial charge in [-0.15, -0.1) is 0 Å². The number of hydrogen-bond acceptors (Lipinski definition) is 11. The van der Waals surface area contributed by atoms with E-state index in [0.717, 1.165) is 6.92 Å². The van der Waals surface area contributed by atoms with Crippen LogP contribution >= 0.6 is 0 Å². The van der Waals surface area contributed by atoms with Crippen LogP contribution in [0.2, 0.25) is 0 Å². The molecule has 0 aromatic heterocycles. The number of hydrogen-bond donors (Lipinski definition) is 8. The van der Waals surface area contributed by atoms with E-state index in [1.807, 2.05) is 0 Å². The Balaban J connectivity index is 2.22. The summed E-state index contributed by atoms with van der Waals surface area (Å²) >= 11 is 0. The van der Waals surface area contributed by atoms with E-state index in [1.54, 1.807) is 0 Å². The van der Waals surface area contributed by atoms with Crippen molar-refractivity contribution in [2.45, 2.75) is 68.3 Å². The maximum Gasteiger partial charge on any atom is 0.217 e. The zero-order valence-electron chi connectivity index (χ0n) is 14.0.